The molecule has 0 aromatic carbocycles. The van der Waals surface area contributed by atoms with Crippen LogP contribution >= 0.6 is 11.8 Å². The average Bonchev–Trinajstić information content (AvgIpc) is 2.84. The van der Waals surface area contributed by atoms with Gasteiger partial charge in [-0.15, -0.1) is 0 Å². The van der Waals surface area contributed by atoms with Crippen LogP contribution in [0.3, 0.4) is 0 Å². The molecule has 5 nitrogen and oxygen atoms in total. The molecule has 0 aliphatic heterocycles. The second kappa shape index (κ2) is 9.92. The van der Waals surface area contributed by atoms with Gasteiger partial charge in [-0.3, -0.25) is 4.79 Å². The highest BCUT2D eigenvalue weighted by atomic mass is 32.2. The number of hydrogen-bond donors (Lipinski definition) is 3. The van der Waals surface area contributed by atoms with Crippen LogP contribution < -0.4 is 10.6 Å². The van der Waals surface area contributed by atoms with Gasteiger partial charge < -0.3 is 15.7 Å². The fourth-order valence-corrected chi connectivity index (χ4v) is 3.78. The maximum Gasteiger partial charge on any atom is 0.315 e. The number of urea groups is 1. The zero-order chi connectivity index (χ0) is 15.7. The van der Waals surface area contributed by atoms with Crippen LogP contribution in [0.4, 0.5) is 4.79 Å². The van der Waals surface area contributed by atoms with E-state index < -0.39 is 5.97 Å². The van der Waals surface area contributed by atoms with Crippen LogP contribution in [0.25, 0.3) is 0 Å². The van der Waals surface area contributed by atoms with Crippen molar-refractivity contribution in [2.24, 2.45) is 5.92 Å². The van der Waals surface area contributed by atoms with Crippen LogP contribution in [-0.4, -0.2) is 40.7 Å². The molecule has 3 N–H and O–H groups in total. The average molecular weight is 316 g/mol. The van der Waals surface area contributed by atoms with Crippen molar-refractivity contribution in [3.63, 3.8) is 0 Å². The van der Waals surface area contributed by atoms with Crippen molar-refractivity contribution >= 4 is 23.8 Å². The van der Waals surface area contributed by atoms with Gasteiger partial charge in [0.05, 0.1) is 0 Å². The topological polar surface area (TPSA) is 78.4 Å². The fourth-order valence-electron chi connectivity index (χ4n) is 2.64. The predicted molar refractivity (Wildman–Crippen MR) is 86.7 cm³/mol. The Kier molecular flexibility index (Phi) is 8.57. The third-order valence-electron chi connectivity index (χ3n) is 3.90. The van der Waals surface area contributed by atoms with Crippen LogP contribution in [0.1, 0.15) is 52.4 Å². The molecule has 122 valence electrons. The highest BCUT2D eigenvalue weighted by Crippen LogP contribution is 2.29. The van der Waals surface area contributed by atoms with E-state index in [1.54, 1.807) is 0 Å². The number of amides is 2. The van der Waals surface area contributed by atoms with Gasteiger partial charge in [0.2, 0.25) is 0 Å². The quantitative estimate of drug-likeness (QED) is 0.611. The molecule has 1 aliphatic carbocycles. The summed E-state index contributed by atoms with van der Waals surface area (Å²) in [7, 11) is 0. The highest BCUT2D eigenvalue weighted by molar-refractivity contribution is 7.99. The largest absolute Gasteiger partial charge is 0.481 e. The third-order valence-corrected chi connectivity index (χ3v) is 5.13. The Balaban J connectivity index is 2.07. The Morgan fingerprint density at radius 2 is 2.10 bits per heavy atom. The third kappa shape index (κ3) is 8.19. The van der Waals surface area contributed by atoms with E-state index in [9.17, 15) is 9.59 Å². The van der Waals surface area contributed by atoms with Crippen molar-refractivity contribution in [3.05, 3.63) is 0 Å². The molecule has 1 rings (SSSR count). The van der Waals surface area contributed by atoms with E-state index in [4.69, 9.17) is 5.11 Å². The summed E-state index contributed by atoms with van der Waals surface area (Å²) in [5.74, 6) is 0.698. The van der Waals surface area contributed by atoms with Gasteiger partial charge in [-0.1, -0.05) is 13.8 Å². The van der Waals surface area contributed by atoms with E-state index in [-0.39, 0.29) is 12.5 Å². The summed E-state index contributed by atoms with van der Waals surface area (Å²) >= 11 is 1.98. The summed E-state index contributed by atoms with van der Waals surface area (Å²) in [4.78, 5) is 22.3. The van der Waals surface area contributed by atoms with Gasteiger partial charge in [-0.05, 0) is 43.8 Å². The van der Waals surface area contributed by atoms with Crippen molar-refractivity contribution in [1.82, 2.24) is 10.6 Å². The lowest BCUT2D eigenvalue weighted by Crippen LogP contribution is -2.41. The Morgan fingerprint density at radius 1 is 1.33 bits per heavy atom. The van der Waals surface area contributed by atoms with Crippen LogP contribution in [0, 0.1) is 5.92 Å². The summed E-state index contributed by atoms with van der Waals surface area (Å²) in [6.45, 7) is 4.79. The van der Waals surface area contributed by atoms with Gasteiger partial charge in [0.25, 0.3) is 0 Å². The van der Waals surface area contributed by atoms with Crippen molar-refractivity contribution in [2.45, 2.75) is 63.7 Å². The summed E-state index contributed by atoms with van der Waals surface area (Å²) in [6.07, 6.45) is 5.01. The van der Waals surface area contributed by atoms with Crippen molar-refractivity contribution in [2.75, 3.05) is 12.3 Å². The normalized spacial score (nSPS) is 22.8. The number of carbonyl (C=O) groups is 2. The van der Waals surface area contributed by atoms with E-state index in [0.29, 0.717) is 30.2 Å². The highest BCUT2D eigenvalue weighted by Gasteiger charge is 2.25. The molecule has 0 aromatic rings. The van der Waals surface area contributed by atoms with Gasteiger partial charge in [0, 0.05) is 24.3 Å². The molecule has 3 unspecified atom stereocenters. The van der Waals surface area contributed by atoms with E-state index in [2.05, 4.69) is 17.6 Å². The second-order valence-corrected chi connectivity index (χ2v) is 7.39. The van der Waals surface area contributed by atoms with Crippen LogP contribution in [-0.2, 0) is 4.79 Å². The fraction of sp³-hybridized carbons (Fsp3) is 0.867. The zero-order valence-electron chi connectivity index (χ0n) is 13.1. The van der Waals surface area contributed by atoms with Crippen molar-refractivity contribution in [1.29, 1.82) is 0 Å². The molecule has 0 radical (unpaired) electrons. The molecular formula is C15H28N2O3S. The Labute approximate surface area is 131 Å². The van der Waals surface area contributed by atoms with Crippen LogP contribution in [0.15, 0.2) is 0 Å². The number of nitrogens with one attached hydrogen (secondary N) is 2. The number of thioether (sulfide) groups is 1. The van der Waals surface area contributed by atoms with Gasteiger partial charge in [0.1, 0.15) is 0 Å². The number of hydrogen-bond acceptors (Lipinski definition) is 3. The first kappa shape index (κ1) is 18.1. The summed E-state index contributed by atoms with van der Waals surface area (Å²) in [5.41, 5.74) is 0. The number of carboxylic acid groups (broad SMARTS) is 1. The number of rotatable bonds is 9. The lowest BCUT2D eigenvalue weighted by molar-refractivity contribution is -0.137. The van der Waals surface area contributed by atoms with E-state index in [0.717, 1.165) is 25.0 Å². The van der Waals surface area contributed by atoms with Crippen molar-refractivity contribution in [3.8, 4) is 0 Å². The zero-order valence-corrected chi connectivity index (χ0v) is 13.9. The number of aliphatic carboxylic acids is 1. The van der Waals surface area contributed by atoms with Gasteiger partial charge in [-0.2, -0.15) is 11.8 Å². The van der Waals surface area contributed by atoms with E-state index in [1.165, 1.54) is 6.42 Å². The minimum Gasteiger partial charge on any atom is -0.481 e. The smallest absolute Gasteiger partial charge is 0.315 e. The lowest BCUT2D eigenvalue weighted by Gasteiger charge is -2.15. The summed E-state index contributed by atoms with van der Waals surface area (Å²) in [6, 6.07) is 0.214. The monoisotopic (exact) mass is 316 g/mol. The van der Waals surface area contributed by atoms with Crippen LogP contribution in [0.2, 0.25) is 0 Å². The summed E-state index contributed by atoms with van der Waals surface area (Å²) < 4.78 is 0. The molecule has 1 saturated carbocycles. The SMILES string of the molecule is CCSC1CCC(NC(=O)NCCC(C)CCC(=O)O)C1. The first-order valence-corrected chi connectivity index (χ1v) is 8.93. The molecule has 0 spiro atoms. The molecule has 0 saturated heterocycles. The Bertz CT molecular complexity index is 339. The standard InChI is InChI=1S/C15H28N2O3S/c1-3-21-13-6-5-12(10-13)17-15(20)16-9-8-11(2)4-7-14(18)19/h11-13H,3-10H2,1-2H3,(H,18,19)(H2,16,17,20). The second-order valence-electron chi connectivity index (χ2n) is 5.81. The molecular weight excluding hydrogens is 288 g/mol. The molecule has 6 heteroatoms. The van der Waals surface area contributed by atoms with Gasteiger partial charge >= 0.3 is 12.0 Å². The molecule has 0 bridgehead atoms. The van der Waals surface area contributed by atoms with E-state index >= 15 is 0 Å². The maximum absolute atomic E-state index is 11.8. The van der Waals surface area contributed by atoms with Crippen LogP contribution in [0.5, 0.6) is 0 Å². The Hall–Kier alpha value is -0.910. The van der Waals surface area contributed by atoms with Gasteiger partial charge in [-0.25, -0.2) is 4.79 Å². The maximum atomic E-state index is 11.8. The molecule has 1 fully saturated rings. The minimum absolute atomic E-state index is 0.0902. The first-order valence-electron chi connectivity index (χ1n) is 7.89. The molecule has 2 amide bonds. The number of carboxylic acids is 1. The molecule has 0 heterocycles. The number of carbonyl (C=O) groups excluding carboxylic acids is 1. The minimum atomic E-state index is -0.756. The first-order chi connectivity index (χ1) is 10.0. The molecule has 3 atom stereocenters. The van der Waals surface area contributed by atoms with Gasteiger partial charge in [0.15, 0.2) is 0 Å². The lowest BCUT2D eigenvalue weighted by atomic mass is 10.0. The van der Waals surface area contributed by atoms with Crippen molar-refractivity contribution < 1.29 is 14.7 Å². The molecule has 0 aromatic heterocycles. The summed E-state index contributed by atoms with van der Waals surface area (Å²) in [5, 5.41) is 15.2. The molecule has 21 heavy (non-hydrogen) atoms. The molecule has 1 aliphatic rings. The van der Waals surface area contributed by atoms with E-state index in [1.807, 2.05) is 18.7 Å². The Morgan fingerprint density at radius 3 is 2.76 bits per heavy atom. The predicted octanol–water partition coefficient (Wildman–Crippen LogP) is 2.85.